The summed E-state index contributed by atoms with van der Waals surface area (Å²) in [4.78, 5) is 19.2. The molecule has 26 heavy (non-hydrogen) atoms. The summed E-state index contributed by atoms with van der Waals surface area (Å²) in [5, 5.41) is 4.07. The minimum Gasteiger partial charge on any atom is -0.495 e. The van der Waals surface area contributed by atoms with E-state index in [1.807, 2.05) is 24.3 Å². The number of hydrogen-bond acceptors (Lipinski definition) is 5. The molecule has 1 atom stereocenters. The van der Waals surface area contributed by atoms with Crippen molar-refractivity contribution in [1.82, 2.24) is 10.3 Å². The van der Waals surface area contributed by atoms with Crippen molar-refractivity contribution in [1.29, 1.82) is 0 Å². The Labute approximate surface area is 159 Å². The van der Waals surface area contributed by atoms with Gasteiger partial charge in [-0.3, -0.25) is 4.79 Å². The van der Waals surface area contributed by atoms with Crippen LogP contribution in [0.3, 0.4) is 0 Å². The largest absolute Gasteiger partial charge is 0.495 e. The van der Waals surface area contributed by atoms with Crippen LogP contribution in [0, 0.1) is 0 Å². The molecule has 0 spiro atoms. The average Bonchev–Trinajstić information content (AvgIpc) is 2.68. The third-order valence-corrected chi connectivity index (χ3v) is 5.28. The van der Waals surface area contributed by atoms with Gasteiger partial charge in [-0.15, -0.1) is 11.8 Å². The molecule has 1 fully saturated rings. The molecule has 1 unspecified atom stereocenters. The van der Waals surface area contributed by atoms with Crippen molar-refractivity contribution in [2.24, 2.45) is 0 Å². The number of carbonyl (C=O) groups excluding carboxylic acids is 1. The lowest BCUT2D eigenvalue weighted by Crippen LogP contribution is -2.47. The van der Waals surface area contributed by atoms with E-state index in [-0.39, 0.29) is 11.9 Å². The Morgan fingerprint density at radius 2 is 2.23 bits per heavy atom. The van der Waals surface area contributed by atoms with Crippen LogP contribution in [0.15, 0.2) is 47.6 Å². The quantitative estimate of drug-likeness (QED) is 0.787. The van der Waals surface area contributed by atoms with E-state index in [9.17, 15) is 4.79 Å². The number of para-hydroxylation sites is 2. The molecule has 3 rings (SSSR count). The predicted octanol–water partition coefficient (Wildman–Crippen LogP) is 3.60. The van der Waals surface area contributed by atoms with Gasteiger partial charge in [-0.1, -0.05) is 19.1 Å². The molecule has 0 saturated carbocycles. The van der Waals surface area contributed by atoms with Crippen LogP contribution in [0.1, 0.15) is 30.1 Å². The van der Waals surface area contributed by atoms with Gasteiger partial charge in [0.1, 0.15) is 5.75 Å². The Balaban J connectivity index is 1.66. The van der Waals surface area contributed by atoms with E-state index < -0.39 is 0 Å². The van der Waals surface area contributed by atoms with E-state index in [2.05, 4.69) is 28.2 Å². The first kappa shape index (κ1) is 18.6. The number of rotatable bonds is 6. The average molecular weight is 372 g/mol. The van der Waals surface area contributed by atoms with Crippen LogP contribution >= 0.6 is 11.8 Å². The molecule has 0 bridgehead atoms. The van der Waals surface area contributed by atoms with Crippen molar-refractivity contribution in [2.75, 3.05) is 30.9 Å². The van der Waals surface area contributed by atoms with Crippen molar-refractivity contribution in [3.05, 3.63) is 48.2 Å². The molecule has 5 nitrogen and oxygen atoms in total. The monoisotopic (exact) mass is 371 g/mol. The van der Waals surface area contributed by atoms with Crippen LogP contribution in [0.4, 0.5) is 5.69 Å². The van der Waals surface area contributed by atoms with Gasteiger partial charge in [0.25, 0.3) is 5.91 Å². The van der Waals surface area contributed by atoms with Crippen molar-refractivity contribution in [3.63, 3.8) is 0 Å². The highest BCUT2D eigenvalue weighted by atomic mass is 32.2. The lowest BCUT2D eigenvalue weighted by Gasteiger charge is -2.35. The van der Waals surface area contributed by atoms with Gasteiger partial charge in [-0.05, 0) is 42.9 Å². The van der Waals surface area contributed by atoms with Crippen LogP contribution < -0.4 is 15.0 Å². The number of carbonyl (C=O) groups is 1. The molecule has 1 aliphatic rings. The first-order chi connectivity index (χ1) is 12.7. The molecule has 0 aliphatic carbocycles. The highest BCUT2D eigenvalue weighted by Crippen LogP contribution is 2.30. The summed E-state index contributed by atoms with van der Waals surface area (Å²) >= 11 is 1.64. The molecular formula is C20H25N3O2S. The minimum atomic E-state index is -0.0303. The molecule has 1 aliphatic heterocycles. The fourth-order valence-corrected chi connectivity index (χ4v) is 3.89. The number of ether oxygens (including phenoxy) is 1. The van der Waals surface area contributed by atoms with E-state index >= 15 is 0 Å². The second kappa shape index (κ2) is 8.94. The Kier molecular flexibility index (Phi) is 6.39. The van der Waals surface area contributed by atoms with Crippen LogP contribution in [0.5, 0.6) is 5.75 Å². The smallest absolute Gasteiger partial charge is 0.251 e. The van der Waals surface area contributed by atoms with Gasteiger partial charge in [0.2, 0.25) is 0 Å². The zero-order valence-corrected chi connectivity index (χ0v) is 16.1. The van der Waals surface area contributed by atoms with E-state index in [4.69, 9.17) is 4.74 Å². The Bertz CT molecular complexity index is 753. The van der Waals surface area contributed by atoms with Crippen molar-refractivity contribution >= 4 is 23.4 Å². The van der Waals surface area contributed by atoms with Crippen LogP contribution in [0.25, 0.3) is 0 Å². The number of methoxy groups -OCH3 is 1. The van der Waals surface area contributed by atoms with Gasteiger partial charge in [0, 0.05) is 30.9 Å². The Morgan fingerprint density at radius 3 is 3.04 bits per heavy atom. The van der Waals surface area contributed by atoms with Crippen LogP contribution in [-0.2, 0) is 0 Å². The fourth-order valence-electron chi connectivity index (χ4n) is 3.25. The summed E-state index contributed by atoms with van der Waals surface area (Å²) < 4.78 is 5.48. The number of pyridine rings is 1. The summed E-state index contributed by atoms with van der Waals surface area (Å²) in [7, 11) is 1.69. The van der Waals surface area contributed by atoms with Gasteiger partial charge in [-0.2, -0.15) is 0 Å². The maximum absolute atomic E-state index is 12.6. The first-order valence-corrected chi connectivity index (χ1v) is 9.97. The lowest BCUT2D eigenvalue weighted by atomic mass is 10.0. The predicted molar refractivity (Wildman–Crippen MR) is 106 cm³/mol. The number of benzene rings is 1. The number of nitrogens with one attached hydrogen (secondary N) is 1. The second-order valence-corrected chi connectivity index (χ2v) is 7.53. The maximum Gasteiger partial charge on any atom is 0.251 e. The number of amides is 1. The van der Waals surface area contributed by atoms with Crippen molar-refractivity contribution < 1.29 is 9.53 Å². The maximum atomic E-state index is 12.6. The summed E-state index contributed by atoms with van der Waals surface area (Å²) in [6.45, 7) is 3.83. The molecule has 2 aromatic rings. The molecule has 6 heteroatoms. The number of thioether (sulfide) groups is 1. The van der Waals surface area contributed by atoms with E-state index in [0.29, 0.717) is 5.56 Å². The number of hydrogen-bond donors (Lipinski definition) is 1. The van der Waals surface area contributed by atoms with E-state index in [1.165, 1.54) is 0 Å². The molecule has 1 N–H and O–H groups in total. The number of anilines is 1. The lowest BCUT2D eigenvalue weighted by molar-refractivity contribution is 0.0933. The third kappa shape index (κ3) is 4.49. The van der Waals surface area contributed by atoms with E-state index in [0.717, 1.165) is 48.1 Å². The molecule has 0 radical (unpaired) electrons. The fraction of sp³-hybridized carbons (Fsp3) is 0.400. The normalized spacial score (nSPS) is 17.0. The Hall–Kier alpha value is -2.21. The van der Waals surface area contributed by atoms with Gasteiger partial charge in [0.15, 0.2) is 0 Å². The van der Waals surface area contributed by atoms with Crippen LogP contribution in [-0.4, -0.2) is 42.9 Å². The molecule has 1 aromatic carbocycles. The van der Waals surface area contributed by atoms with E-state index in [1.54, 1.807) is 31.1 Å². The summed E-state index contributed by atoms with van der Waals surface area (Å²) in [5.41, 5.74) is 1.75. The molecule has 138 valence electrons. The Morgan fingerprint density at radius 1 is 1.38 bits per heavy atom. The minimum absolute atomic E-state index is 0.0303. The molecule has 2 heterocycles. The van der Waals surface area contributed by atoms with Gasteiger partial charge in [0.05, 0.1) is 17.8 Å². The highest BCUT2D eigenvalue weighted by molar-refractivity contribution is 7.99. The molecule has 1 saturated heterocycles. The topological polar surface area (TPSA) is 54.5 Å². The standard InChI is InChI=1S/C20H25N3O2S/c1-3-26-19-13-15(10-11-21-19)20(24)22-16-7-6-12-23(14-16)17-8-4-5-9-18(17)25-2/h4-5,8-11,13,16H,3,6-7,12,14H2,1-2H3,(H,22,24). The summed E-state index contributed by atoms with van der Waals surface area (Å²) in [5.74, 6) is 1.78. The molecule has 1 amide bonds. The zero-order chi connectivity index (χ0) is 18.4. The van der Waals surface area contributed by atoms with Gasteiger partial charge < -0.3 is 15.0 Å². The van der Waals surface area contributed by atoms with Crippen molar-refractivity contribution in [3.8, 4) is 5.75 Å². The first-order valence-electron chi connectivity index (χ1n) is 8.99. The highest BCUT2D eigenvalue weighted by Gasteiger charge is 2.23. The van der Waals surface area contributed by atoms with Crippen molar-refractivity contribution in [2.45, 2.75) is 30.8 Å². The number of nitrogens with zero attached hydrogens (tertiary/aromatic N) is 2. The zero-order valence-electron chi connectivity index (χ0n) is 15.3. The SMILES string of the molecule is CCSc1cc(C(=O)NC2CCCN(c3ccccc3OC)C2)ccn1. The van der Waals surface area contributed by atoms with Gasteiger partial charge in [-0.25, -0.2) is 4.98 Å². The third-order valence-electron chi connectivity index (χ3n) is 4.47. The number of aromatic nitrogens is 1. The second-order valence-electron chi connectivity index (χ2n) is 6.25. The number of piperidine rings is 1. The van der Waals surface area contributed by atoms with Crippen LogP contribution in [0.2, 0.25) is 0 Å². The molecule has 1 aromatic heterocycles. The van der Waals surface area contributed by atoms with Gasteiger partial charge >= 0.3 is 0 Å². The molecular weight excluding hydrogens is 346 g/mol. The summed E-state index contributed by atoms with van der Waals surface area (Å²) in [6.07, 6.45) is 3.73. The summed E-state index contributed by atoms with van der Waals surface area (Å²) in [6, 6.07) is 11.8.